The smallest absolute Gasteiger partial charge is 0.161 e. The summed E-state index contributed by atoms with van der Waals surface area (Å²) < 4.78 is 0. The maximum absolute atomic E-state index is 12.0. The molecule has 0 N–H and O–H groups in total. The third kappa shape index (κ3) is 1.68. The van der Waals surface area contributed by atoms with Crippen LogP contribution in [0, 0.1) is 0 Å². The molecular weight excluding hydrogens is 220 g/mol. The van der Waals surface area contributed by atoms with Gasteiger partial charge in [-0.3, -0.25) is 4.79 Å². The van der Waals surface area contributed by atoms with Gasteiger partial charge in [0.15, 0.2) is 5.78 Å². The summed E-state index contributed by atoms with van der Waals surface area (Å²) in [5, 5.41) is 2.17. The Morgan fingerprint density at radius 3 is 2.67 bits per heavy atom. The summed E-state index contributed by atoms with van der Waals surface area (Å²) in [5.74, 6) is 0.134. The van der Waals surface area contributed by atoms with E-state index < -0.39 is 0 Å². The molecule has 0 heterocycles. The van der Waals surface area contributed by atoms with Gasteiger partial charge in [-0.2, -0.15) is 0 Å². The number of allylic oxidation sites excluding steroid dienone is 4. The van der Waals surface area contributed by atoms with Crippen LogP contribution in [0.1, 0.15) is 29.3 Å². The quantitative estimate of drug-likeness (QED) is 0.704. The summed E-state index contributed by atoms with van der Waals surface area (Å²) in [6.45, 7) is 1.65. The molecule has 2 aromatic carbocycles. The maximum atomic E-state index is 12.0. The summed E-state index contributed by atoms with van der Waals surface area (Å²) in [6, 6.07) is 12.2. The van der Waals surface area contributed by atoms with Gasteiger partial charge >= 0.3 is 0 Å². The molecule has 0 saturated heterocycles. The van der Waals surface area contributed by atoms with E-state index in [9.17, 15) is 4.79 Å². The SMILES string of the molecule is CC(=O)c1c(C2=CC=CC2)ccc2ccccc12. The highest BCUT2D eigenvalue weighted by Gasteiger charge is 2.15. The van der Waals surface area contributed by atoms with Gasteiger partial charge in [-0.15, -0.1) is 0 Å². The molecule has 0 amide bonds. The zero-order valence-corrected chi connectivity index (χ0v) is 10.3. The third-order valence-electron chi connectivity index (χ3n) is 3.40. The van der Waals surface area contributed by atoms with Crippen LogP contribution < -0.4 is 0 Å². The van der Waals surface area contributed by atoms with Crippen LogP contribution in [0.2, 0.25) is 0 Å². The molecule has 0 bridgehead atoms. The second-order valence-electron chi connectivity index (χ2n) is 4.59. The lowest BCUT2D eigenvalue weighted by atomic mass is 9.91. The van der Waals surface area contributed by atoms with Crippen molar-refractivity contribution in [2.45, 2.75) is 13.3 Å². The molecule has 0 spiro atoms. The number of ketones is 1. The van der Waals surface area contributed by atoms with E-state index in [1.54, 1.807) is 6.92 Å². The van der Waals surface area contributed by atoms with Crippen LogP contribution in [0.15, 0.2) is 54.6 Å². The fourth-order valence-electron chi connectivity index (χ4n) is 2.57. The molecule has 0 unspecified atom stereocenters. The van der Waals surface area contributed by atoms with E-state index in [1.807, 2.05) is 24.3 Å². The molecule has 0 radical (unpaired) electrons. The summed E-state index contributed by atoms with van der Waals surface area (Å²) in [5.41, 5.74) is 3.15. The normalized spacial score (nSPS) is 13.9. The van der Waals surface area contributed by atoms with E-state index in [-0.39, 0.29) is 5.78 Å². The Morgan fingerprint density at radius 1 is 1.11 bits per heavy atom. The predicted molar refractivity (Wildman–Crippen MR) is 75.7 cm³/mol. The predicted octanol–water partition coefficient (Wildman–Crippen LogP) is 4.39. The number of Topliss-reactive ketones (excluding diaryl/α,β-unsaturated/α-hetero) is 1. The maximum Gasteiger partial charge on any atom is 0.161 e. The van der Waals surface area contributed by atoms with Crippen LogP contribution in [0.5, 0.6) is 0 Å². The number of hydrogen-bond acceptors (Lipinski definition) is 1. The van der Waals surface area contributed by atoms with Crippen LogP contribution in [-0.2, 0) is 0 Å². The first-order chi connectivity index (χ1) is 8.77. The van der Waals surface area contributed by atoms with Gasteiger partial charge in [0.05, 0.1) is 0 Å². The summed E-state index contributed by atoms with van der Waals surface area (Å²) >= 11 is 0. The molecule has 0 saturated carbocycles. The number of hydrogen-bond donors (Lipinski definition) is 0. The molecule has 1 nitrogen and oxygen atoms in total. The molecule has 0 aromatic heterocycles. The molecule has 88 valence electrons. The molecule has 1 heteroatoms. The summed E-state index contributed by atoms with van der Waals surface area (Å²) in [6.07, 6.45) is 7.18. The van der Waals surface area contributed by atoms with E-state index in [0.717, 1.165) is 28.3 Å². The molecule has 3 rings (SSSR count). The summed E-state index contributed by atoms with van der Waals surface area (Å²) in [4.78, 5) is 12.0. The van der Waals surface area contributed by atoms with Gasteiger partial charge < -0.3 is 0 Å². The fourth-order valence-corrected chi connectivity index (χ4v) is 2.57. The van der Waals surface area contributed by atoms with Crippen molar-refractivity contribution in [1.82, 2.24) is 0 Å². The number of carbonyl (C=O) groups excluding carboxylic acids is 1. The van der Waals surface area contributed by atoms with Gasteiger partial charge in [0, 0.05) is 5.56 Å². The van der Waals surface area contributed by atoms with Gasteiger partial charge in [0.25, 0.3) is 0 Å². The lowest BCUT2D eigenvalue weighted by Gasteiger charge is -2.11. The Bertz CT molecular complexity index is 690. The second kappa shape index (κ2) is 4.26. The van der Waals surface area contributed by atoms with Crippen LogP contribution in [0.25, 0.3) is 16.3 Å². The largest absolute Gasteiger partial charge is 0.294 e. The van der Waals surface area contributed by atoms with Crippen molar-refractivity contribution in [3.8, 4) is 0 Å². The molecule has 0 atom stereocenters. The molecule has 1 aliphatic carbocycles. The topological polar surface area (TPSA) is 17.1 Å². The Labute approximate surface area is 106 Å². The van der Waals surface area contributed by atoms with Gasteiger partial charge in [-0.25, -0.2) is 0 Å². The second-order valence-corrected chi connectivity index (χ2v) is 4.59. The minimum Gasteiger partial charge on any atom is -0.294 e. The zero-order chi connectivity index (χ0) is 12.5. The highest BCUT2D eigenvalue weighted by atomic mass is 16.1. The lowest BCUT2D eigenvalue weighted by molar-refractivity contribution is 0.101. The first kappa shape index (κ1) is 11.0. The van der Waals surface area contributed by atoms with Crippen molar-refractivity contribution in [3.63, 3.8) is 0 Å². The Morgan fingerprint density at radius 2 is 1.94 bits per heavy atom. The van der Waals surface area contributed by atoms with Crippen LogP contribution in [-0.4, -0.2) is 5.78 Å². The van der Waals surface area contributed by atoms with Crippen LogP contribution in [0.4, 0.5) is 0 Å². The molecule has 2 aromatic rings. The first-order valence-electron chi connectivity index (χ1n) is 6.16. The van der Waals surface area contributed by atoms with Crippen molar-refractivity contribution in [1.29, 1.82) is 0 Å². The zero-order valence-electron chi connectivity index (χ0n) is 10.3. The molecular formula is C17H14O. The minimum atomic E-state index is 0.134. The van der Waals surface area contributed by atoms with Gasteiger partial charge in [-0.05, 0) is 35.3 Å². The van der Waals surface area contributed by atoms with E-state index >= 15 is 0 Å². The highest BCUT2D eigenvalue weighted by molar-refractivity contribution is 6.11. The highest BCUT2D eigenvalue weighted by Crippen LogP contribution is 2.31. The van der Waals surface area contributed by atoms with Gasteiger partial charge in [-0.1, -0.05) is 54.6 Å². The van der Waals surface area contributed by atoms with E-state index in [1.165, 1.54) is 5.57 Å². The van der Waals surface area contributed by atoms with Crippen LogP contribution >= 0.6 is 0 Å². The van der Waals surface area contributed by atoms with E-state index in [0.29, 0.717) is 0 Å². The summed E-state index contributed by atoms with van der Waals surface area (Å²) in [7, 11) is 0. The van der Waals surface area contributed by atoms with Gasteiger partial charge in [0.1, 0.15) is 0 Å². The monoisotopic (exact) mass is 234 g/mol. The number of benzene rings is 2. The first-order valence-corrected chi connectivity index (χ1v) is 6.16. The average Bonchev–Trinajstić information content (AvgIpc) is 2.90. The number of carbonyl (C=O) groups is 1. The number of rotatable bonds is 2. The third-order valence-corrected chi connectivity index (χ3v) is 3.40. The molecule has 1 aliphatic rings. The van der Waals surface area contributed by atoms with Crippen LogP contribution in [0.3, 0.4) is 0 Å². The van der Waals surface area contributed by atoms with Crippen molar-refractivity contribution < 1.29 is 4.79 Å². The van der Waals surface area contributed by atoms with Crippen molar-refractivity contribution in [2.24, 2.45) is 0 Å². The Hall–Kier alpha value is -2.15. The van der Waals surface area contributed by atoms with E-state index in [4.69, 9.17) is 0 Å². The fraction of sp³-hybridized carbons (Fsp3) is 0.118. The number of fused-ring (bicyclic) bond motifs is 1. The van der Waals surface area contributed by atoms with Crippen molar-refractivity contribution in [3.05, 3.63) is 65.8 Å². The minimum absolute atomic E-state index is 0.134. The standard InChI is InChI=1S/C17H14O/c1-12(18)17-15-9-5-4-8-14(15)10-11-16(17)13-6-2-3-7-13/h2-6,8-11H,7H2,1H3. The lowest BCUT2D eigenvalue weighted by Crippen LogP contribution is -2.00. The molecule has 0 fully saturated rings. The van der Waals surface area contributed by atoms with Gasteiger partial charge in [0.2, 0.25) is 0 Å². The Kier molecular flexibility index (Phi) is 2.60. The van der Waals surface area contributed by atoms with Crippen molar-refractivity contribution >= 4 is 22.1 Å². The van der Waals surface area contributed by atoms with E-state index in [2.05, 4.69) is 30.4 Å². The average molecular weight is 234 g/mol. The molecule has 0 aliphatic heterocycles. The Balaban J connectivity index is 2.32. The molecule has 18 heavy (non-hydrogen) atoms. The van der Waals surface area contributed by atoms with Crippen molar-refractivity contribution in [2.75, 3.05) is 0 Å².